The summed E-state index contributed by atoms with van der Waals surface area (Å²) in [7, 11) is 0. The van der Waals surface area contributed by atoms with E-state index in [2.05, 4.69) is 16.0 Å². The van der Waals surface area contributed by atoms with E-state index in [1.165, 1.54) is 0 Å². The minimum atomic E-state index is -0.616. The first-order valence-corrected chi connectivity index (χ1v) is 8.31. The summed E-state index contributed by atoms with van der Waals surface area (Å²) < 4.78 is 0. The Morgan fingerprint density at radius 3 is 2.60 bits per heavy atom. The third-order valence-corrected chi connectivity index (χ3v) is 4.38. The van der Waals surface area contributed by atoms with Gasteiger partial charge in [0.05, 0.1) is 22.3 Å². The molecule has 2 aromatic rings. The Balaban J connectivity index is 1.97. The van der Waals surface area contributed by atoms with Crippen molar-refractivity contribution in [1.29, 1.82) is 0 Å². The van der Waals surface area contributed by atoms with Gasteiger partial charge >= 0.3 is 6.03 Å². The van der Waals surface area contributed by atoms with E-state index >= 15 is 0 Å². The van der Waals surface area contributed by atoms with Crippen LogP contribution in [0.1, 0.15) is 18.5 Å². The van der Waals surface area contributed by atoms with Gasteiger partial charge in [0.25, 0.3) is 5.91 Å². The zero-order valence-electron chi connectivity index (χ0n) is 13.3. The summed E-state index contributed by atoms with van der Waals surface area (Å²) >= 11 is 12.2. The number of urea groups is 1. The van der Waals surface area contributed by atoms with Gasteiger partial charge in [0.2, 0.25) is 0 Å². The molecule has 0 aliphatic carbocycles. The lowest BCUT2D eigenvalue weighted by atomic mass is 9.95. The third kappa shape index (κ3) is 3.78. The van der Waals surface area contributed by atoms with Gasteiger partial charge < -0.3 is 16.0 Å². The highest BCUT2D eigenvalue weighted by Gasteiger charge is 2.31. The molecular formula is C18H15Cl2N3O2. The maximum atomic E-state index is 12.9. The standard InChI is InChI=1S/C18H15Cl2N3O2/c1-10-15(17(24)22-14-8-3-2-7-13(14)20)16(23-18(25)21-10)11-5-4-6-12(19)9-11/h2-9,16H,1H3,(H,22,24)(H2,21,23,25)/t16-/m1/s1. The molecule has 3 amide bonds. The number of nitrogens with one attached hydrogen (secondary N) is 3. The number of allylic oxidation sites excluding steroid dienone is 1. The van der Waals surface area contributed by atoms with Crippen LogP contribution in [-0.2, 0) is 4.79 Å². The van der Waals surface area contributed by atoms with Crippen molar-refractivity contribution in [2.24, 2.45) is 0 Å². The number of anilines is 1. The molecule has 3 rings (SSSR count). The molecule has 0 unspecified atom stereocenters. The molecule has 0 bridgehead atoms. The molecule has 1 atom stereocenters. The van der Waals surface area contributed by atoms with Gasteiger partial charge in [0.1, 0.15) is 0 Å². The highest BCUT2D eigenvalue weighted by atomic mass is 35.5. The van der Waals surface area contributed by atoms with E-state index in [-0.39, 0.29) is 11.9 Å². The van der Waals surface area contributed by atoms with Gasteiger partial charge in [0, 0.05) is 10.7 Å². The number of rotatable bonds is 3. The van der Waals surface area contributed by atoms with Gasteiger partial charge in [-0.15, -0.1) is 0 Å². The predicted octanol–water partition coefficient (Wildman–Crippen LogP) is 4.26. The molecule has 0 saturated heterocycles. The van der Waals surface area contributed by atoms with Gasteiger partial charge in [0.15, 0.2) is 0 Å². The van der Waals surface area contributed by atoms with Crippen LogP contribution in [0.2, 0.25) is 10.0 Å². The Bertz CT molecular complexity index is 880. The van der Waals surface area contributed by atoms with Crippen molar-refractivity contribution in [1.82, 2.24) is 10.6 Å². The minimum Gasteiger partial charge on any atom is -0.327 e. The monoisotopic (exact) mass is 375 g/mol. The Morgan fingerprint density at radius 1 is 1.12 bits per heavy atom. The molecule has 0 saturated carbocycles. The van der Waals surface area contributed by atoms with Gasteiger partial charge in [-0.2, -0.15) is 0 Å². The van der Waals surface area contributed by atoms with Gasteiger partial charge in [-0.1, -0.05) is 47.5 Å². The summed E-state index contributed by atoms with van der Waals surface area (Å²) in [4.78, 5) is 24.7. The summed E-state index contributed by atoms with van der Waals surface area (Å²) in [5.74, 6) is -0.358. The maximum Gasteiger partial charge on any atom is 0.319 e. The number of carbonyl (C=O) groups is 2. The molecule has 5 nitrogen and oxygen atoms in total. The van der Waals surface area contributed by atoms with E-state index in [1.807, 2.05) is 0 Å². The second kappa shape index (κ2) is 7.17. The highest BCUT2D eigenvalue weighted by Crippen LogP contribution is 2.30. The topological polar surface area (TPSA) is 70.2 Å². The number of para-hydroxylation sites is 1. The van der Waals surface area contributed by atoms with Crippen LogP contribution < -0.4 is 16.0 Å². The van der Waals surface area contributed by atoms with E-state index in [1.54, 1.807) is 55.5 Å². The van der Waals surface area contributed by atoms with Crippen LogP contribution >= 0.6 is 23.2 Å². The molecule has 7 heteroatoms. The quantitative estimate of drug-likeness (QED) is 0.749. The number of amides is 3. The first kappa shape index (κ1) is 17.3. The van der Waals surface area contributed by atoms with Crippen LogP contribution in [0.25, 0.3) is 0 Å². The fourth-order valence-corrected chi connectivity index (χ4v) is 3.06. The molecule has 25 heavy (non-hydrogen) atoms. The van der Waals surface area contributed by atoms with E-state index in [0.29, 0.717) is 32.6 Å². The first-order valence-electron chi connectivity index (χ1n) is 7.55. The average molecular weight is 376 g/mol. The lowest BCUT2D eigenvalue weighted by Crippen LogP contribution is -2.46. The summed E-state index contributed by atoms with van der Waals surface area (Å²) in [6.07, 6.45) is 0. The molecule has 3 N–H and O–H groups in total. The molecule has 1 aliphatic heterocycles. The largest absolute Gasteiger partial charge is 0.327 e. The number of carbonyl (C=O) groups excluding carboxylic acids is 2. The molecular weight excluding hydrogens is 361 g/mol. The second-order valence-corrected chi connectivity index (χ2v) is 6.40. The Kier molecular flexibility index (Phi) is 4.97. The summed E-state index contributed by atoms with van der Waals surface area (Å²) in [5, 5.41) is 9.13. The molecule has 1 heterocycles. The van der Waals surface area contributed by atoms with Crippen LogP contribution in [0.15, 0.2) is 59.8 Å². The molecule has 0 radical (unpaired) electrons. The van der Waals surface area contributed by atoms with Crippen LogP contribution in [0.5, 0.6) is 0 Å². The summed E-state index contributed by atoms with van der Waals surface area (Å²) in [5.41, 5.74) is 2.07. The number of hydrogen-bond acceptors (Lipinski definition) is 2. The Hall–Kier alpha value is -2.50. The van der Waals surface area contributed by atoms with Gasteiger partial charge in [-0.3, -0.25) is 4.79 Å². The maximum absolute atomic E-state index is 12.9. The average Bonchev–Trinajstić information content (AvgIpc) is 2.56. The van der Waals surface area contributed by atoms with Crippen molar-refractivity contribution in [2.75, 3.05) is 5.32 Å². The molecule has 2 aromatic carbocycles. The molecule has 0 spiro atoms. The van der Waals surface area contributed by atoms with Crippen molar-refractivity contribution < 1.29 is 9.59 Å². The minimum absolute atomic E-state index is 0.358. The van der Waals surface area contributed by atoms with Crippen LogP contribution in [0, 0.1) is 0 Å². The van der Waals surface area contributed by atoms with Crippen molar-refractivity contribution >= 4 is 40.8 Å². The Labute approximate surface area is 155 Å². The normalized spacial score (nSPS) is 16.9. The fourth-order valence-electron chi connectivity index (χ4n) is 2.68. The predicted molar refractivity (Wildman–Crippen MR) is 98.6 cm³/mol. The number of benzene rings is 2. The molecule has 1 aliphatic rings. The van der Waals surface area contributed by atoms with Crippen molar-refractivity contribution in [3.05, 3.63) is 75.4 Å². The number of halogens is 2. The lowest BCUT2D eigenvalue weighted by Gasteiger charge is -2.28. The van der Waals surface area contributed by atoms with Crippen molar-refractivity contribution in [3.63, 3.8) is 0 Å². The summed E-state index contributed by atoms with van der Waals surface area (Å²) in [6, 6.07) is 13.0. The second-order valence-electron chi connectivity index (χ2n) is 5.56. The zero-order valence-corrected chi connectivity index (χ0v) is 14.8. The zero-order chi connectivity index (χ0) is 18.0. The first-order chi connectivity index (χ1) is 12.0. The highest BCUT2D eigenvalue weighted by molar-refractivity contribution is 6.34. The SMILES string of the molecule is CC1=C(C(=O)Nc2ccccc2Cl)[C@@H](c2cccc(Cl)c2)NC(=O)N1. The summed E-state index contributed by atoms with van der Waals surface area (Å²) in [6.45, 7) is 1.68. The molecule has 128 valence electrons. The van der Waals surface area contributed by atoms with Crippen LogP contribution in [0.4, 0.5) is 10.5 Å². The fraction of sp³-hybridized carbons (Fsp3) is 0.111. The Morgan fingerprint density at radius 2 is 1.88 bits per heavy atom. The van der Waals surface area contributed by atoms with E-state index in [9.17, 15) is 9.59 Å². The van der Waals surface area contributed by atoms with E-state index < -0.39 is 6.04 Å². The van der Waals surface area contributed by atoms with Gasteiger partial charge in [-0.05, 0) is 36.8 Å². The smallest absolute Gasteiger partial charge is 0.319 e. The van der Waals surface area contributed by atoms with Crippen molar-refractivity contribution in [2.45, 2.75) is 13.0 Å². The number of hydrogen-bond donors (Lipinski definition) is 3. The van der Waals surface area contributed by atoms with Gasteiger partial charge in [-0.25, -0.2) is 4.79 Å². The van der Waals surface area contributed by atoms with E-state index in [4.69, 9.17) is 23.2 Å². The van der Waals surface area contributed by atoms with E-state index in [0.717, 1.165) is 0 Å². The van der Waals surface area contributed by atoms with Crippen LogP contribution in [0.3, 0.4) is 0 Å². The molecule has 0 aromatic heterocycles. The lowest BCUT2D eigenvalue weighted by molar-refractivity contribution is -0.113. The van der Waals surface area contributed by atoms with Crippen LogP contribution in [-0.4, -0.2) is 11.9 Å². The molecule has 0 fully saturated rings. The third-order valence-electron chi connectivity index (χ3n) is 3.82. The van der Waals surface area contributed by atoms with Crippen molar-refractivity contribution in [3.8, 4) is 0 Å².